The van der Waals surface area contributed by atoms with Crippen molar-refractivity contribution in [2.75, 3.05) is 25.7 Å². The second kappa shape index (κ2) is 10.9. The fourth-order valence-corrected chi connectivity index (χ4v) is 6.08. The molecule has 4 aromatic rings. The zero-order valence-corrected chi connectivity index (χ0v) is 22.6. The number of anilines is 1. The quantitative estimate of drug-likeness (QED) is 0.218. The molecular weight excluding hydrogens is 546 g/mol. The number of nitrogens with zero attached hydrogens (tertiary/aromatic N) is 3. The molecule has 1 unspecified atom stereocenters. The van der Waals surface area contributed by atoms with Crippen LogP contribution in [0.2, 0.25) is 5.02 Å². The summed E-state index contributed by atoms with van der Waals surface area (Å²) in [6, 6.07) is 18.1. The summed E-state index contributed by atoms with van der Waals surface area (Å²) in [7, 11) is -1.53. The molecule has 0 bridgehead atoms. The number of ether oxygens (including phenoxy) is 2. The summed E-state index contributed by atoms with van der Waals surface area (Å²) in [5, 5.41) is 0.353. The lowest BCUT2D eigenvalue weighted by atomic mass is 10.2. The summed E-state index contributed by atoms with van der Waals surface area (Å²) >= 11 is 5.93. The lowest BCUT2D eigenvalue weighted by Crippen LogP contribution is -2.49. The minimum absolute atomic E-state index is 0.0840. The van der Waals surface area contributed by atoms with Gasteiger partial charge in [0, 0.05) is 24.8 Å². The van der Waals surface area contributed by atoms with Crippen LogP contribution in [0.3, 0.4) is 0 Å². The first-order chi connectivity index (χ1) is 18.7. The topological polar surface area (TPSA) is 119 Å². The number of carbonyl (C=O) groups excluding carboxylic acids is 2. The van der Waals surface area contributed by atoms with Crippen molar-refractivity contribution in [2.24, 2.45) is 0 Å². The molecule has 202 valence electrons. The Morgan fingerprint density at radius 1 is 1.03 bits per heavy atom. The molecule has 1 aliphatic heterocycles. The van der Waals surface area contributed by atoms with Crippen LogP contribution in [0.1, 0.15) is 6.42 Å². The third-order valence-corrected chi connectivity index (χ3v) is 8.55. The van der Waals surface area contributed by atoms with Gasteiger partial charge in [-0.2, -0.15) is 4.31 Å². The number of imide groups is 1. The van der Waals surface area contributed by atoms with E-state index in [1.807, 2.05) is 24.3 Å². The molecule has 12 heteroatoms. The number of hydrogen-bond acceptors (Lipinski definition) is 8. The first kappa shape index (κ1) is 27.0. The van der Waals surface area contributed by atoms with Crippen LogP contribution in [0.4, 0.5) is 5.69 Å². The van der Waals surface area contributed by atoms with Crippen molar-refractivity contribution in [3.05, 3.63) is 77.8 Å². The number of sulfonamides is 1. The molecule has 10 nitrogen and oxygen atoms in total. The number of fused-ring (bicyclic) bond motifs is 1. The van der Waals surface area contributed by atoms with E-state index in [4.69, 9.17) is 25.5 Å². The monoisotopic (exact) mass is 569 g/mol. The number of methoxy groups -OCH3 is 2. The molecule has 1 aliphatic rings. The molecule has 2 heterocycles. The van der Waals surface area contributed by atoms with E-state index in [0.717, 1.165) is 9.21 Å². The largest absolute Gasteiger partial charge is 0.436 e. The standard InChI is InChI=1S/C27H24ClN3O7S/c1-36-25(37-2)16-30(39(34,35)20-13-9-18(28)10-14-20)22-15-24(32)31(27(22)33)19-11-7-17(8-12-19)26-29-21-5-3-4-6-23(21)38-26/h3-14,22,25H,15-16H2,1-2H3. The Balaban J connectivity index is 1.45. The molecule has 0 saturated carbocycles. The molecule has 1 saturated heterocycles. The molecule has 5 rings (SSSR count). The highest BCUT2D eigenvalue weighted by atomic mass is 35.5. The highest BCUT2D eigenvalue weighted by Crippen LogP contribution is 2.32. The van der Waals surface area contributed by atoms with Crippen molar-refractivity contribution in [1.82, 2.24) is 9.29 Å². The number of para-hydroxylation sites is 2. The Kier molecular flexibility index (Phi) is 7.52. The van der Waals surface area contributed by atoms with Gasteiger partial charge in [0.15, 0.2) is 11.9 Å². The second-order valence-corrected chi connectivity index (χ2v) is 11.1. The van der Waals surface area contributed by atoms with E-state index in [1.54, 1.807) is 24.3 Å². The minimum atomic E-state index is -4.24. The van der Waals surface area contributed by atoms with Gasteiger partial charge in [-0.1, -0.05) is 23.7 Å². The van der Waals surface area contributed by atoms with Gasteiger partial charge in [0.05, 0.1) is 23.5 Å². The first-order valence-electron chi connectivity index (χ1n) is 11.9. The van der Waals surface area contributed by atoms with Crippen molar-refractivity contribution in [3.63, 3.8) is 0 Å². The van der Waals surface area contributed by atoms with Crippen molar-refractivity contribution in [3.8, 4) is 11.5 Å². The SMILES string of the molecule is COC(CN(C1CC(=O)N(c2ccc(-c3nc4ccccc4o3)cc2)C1=O)S(=O)(=O)c1ccc(Cl)cc1)OC. The smallest absolute Gasteiger partial charge is 0.252 e. The lowest BCUT2D eigenvalue weighted by Gasteiger charge is -2.29. The molecule has 1 fully saturated rings. The number of hydrogen-bond donors (Lipinski definition) is 0. The van der Waals surface area contributed by atoms with Gasteiger partial charge in [-0.3, -0.25) is 9.59 Å². The lowest BCUT2D eigenvalue weighted by molar-refractivity contribution is -0.125. The molecule has 3 aromatic carbocycles. The zero-order valence-electron chi connectivity index (χ0n) is 21.0. The molecular formula is C27H24ClN3O7S. The summed E-state index contributed by atoms with van der Waals surface area (Å²) in [6.45, 7) is -0.313. The van der Waals surface area contributed by atoms with Crippen LogP contribution in [0.25, 0.3) is 22.6 Å². The maximum Gasteiger partial charge on any atom is 0.252 e. The molecule has 0 aliphatic carbocycles. The summed E-state index contributed by atoms with van der Waals surface area (Å²) < 4.78 is 44.5. The van der Waals surface area contributed by atoms with E-state index in [1.165, 1.54) is 38.5 Å². The number of halogens is 1. The fraction of sp³-hybridized carbons (Fsp3) is 0.222. The number of carbonyl (C=O) groups is 2. The van der Waals surface area contributed by atoms with Gasteiger partial charge in [0.2, 0.25) is 21.8 Å². The van der Waals surface area contributed by atoms with Crippen LogP contribution >= 0.6 is 11.6 Å². The minimum Gasteiger partial charge on any atom is -0.436 e. The van der Waals surface area contributed by atoms with Crippen LogP contribution in [0.15, 0.2) is 82.1 Å². The van der Waals surface area contributed by atoms with Gasteiger partial charge in [-0.05, 0) is 60.7 Å². The number of amides is 2. The Morgan fingerprint density at radius 2 is 1.69 bits per heavy atom. The number of benzene rings is 3. The normalized spacial score (nSPS) is 16.2. The molecule has 0 N–H and O–H groups in total. The van der Waals surface area contributed by atoms with Gasteiger partial charge >= 0.3 is 0 Å². The predicted octanol–water partition coefficient (Wildman–Crippen LogP) is 4.09. The molecule has 0 spiro atoms. The Bertz CT molecular complexity index is 1580. The van der Waals surface area contributed by atoms with Crippen LogP contribution in [-0.2, 0) is 29.1 Å². The van der Waals surface area contributed by atoms with Crippen molar-refractivity contribution in [1.29, 1.82) is 0 Å². The summed E-state index contributed by atoms with van der Waals surface area (Å²) in [6.07, 6.45) is -1.32. The molecule has 1 aromatic heterocycles. The van der Waals surface area contributed by atoms with E-state index in [9.17, 15) is 18.0 Å². The summed E-state index contributed by atoms with van der Waals surface area (Å²) in [5.74, 6) is -0.828. The van der Waals surface area contributed by atoms with E-state index < -0.39 is 34.2 Å². The van der Waals surface area contributed by atoms with Gasteiger partial charge in [-0.15, -0.1) is 0 Å². The second-order valence-electron chi connectivity index (χ2n) is 8.75. The molecule has 1 atom stereocenters. The molecule has 39 heavy (non-hydrogen) atoms. The van der Waals surface area contributed by atoms with Crippen LogP contribution in [0, 0.1) is 0 Å². The van der Waals surface area contributed by atoms with E-state index >= 15 is 0 Å². The Morgan fingerprint density at radius 3 is 2.33 bits per heavy atom. The number of oxazole rings is 1. The Hall–Kier alpha value is -3.61. The third kappa shape index (κ3) is 5.19. The summed E-state index contributed by atoms with van der Waals surface area (Å²) in [4.78, 5) is 32.0. The van der Waals surface area contributed by atoms with E-state index in [2.05, 4.69) is 4.98 Å². The summed E-state index contributed by atoms with van der Waals surface area (Å²) in [5.41, 5.74) is 2.29. The third-order valence-electron chi connectivity index (χ3n) is 6.41. The molecule has 2 amide bonds. The highest BCUT2D eigenvalue weighted by Gasteiger charge is 2.47. The van der Waals surface area contributed by atoms with Crippen LogP contribution in [-0.4, -0.2) is 62.6 Å². The molecule has 0 radical (unpaired) electrons. The number of rotatable bonds is 9. The highest BCUT2D eigenvalue weighted by molar-refractivity contribution is 7.89. The van der Waals surface area contributed by atoms with Gasteiger partial charge in [0.1, 0.15) is 11.6 Å². The van der Waals surface area contributed by atoms with Crippen molar-refractivity contribution >= 4 is 50.2 Å². The average molecular weight is 570 g/mol. The van der Waals surface area contributed by atoms with Gasteiger partial charge < -0.3 is 13.9 Å². The van der Waals surface area contributed by atoms with Crippen molar-refractivity contribution < 1.29 is 31.9 Å². The van der Waals surface area contributed by atoms with Crippen LogP contribution in [0.5, 0.6) is 0 Å². The first-order valence-corrected chi connectivity index (χ1v) is 13.7. The predicted molar refractivity (Wildman–Crippen MR) is 143 cm³/mol. The zero-order chi connectivity index (χ0) is 27.7. The van der Waals surface area contributed by atoms with Gasteiger partial charge in [-0.25, -0.2) is 18.3 Å². The fourth-order valence-electron chi connectivity index (χ4n) is 4.39. The number of aromatic nitrogens is 1. The van der Waals surface area contributed by atoms with E-state index in [0.29, 0.717) is 33.3 Å². The van der Waals surface area contributed by atoms with Crippen molar-refractivity contribution in [2.45, 2.75) is 23.6 Å². The maximum atomic E-state index is 13.6. The average Bonchev–Trinajstić information content (AvgIpc) is 3.50. The maximum absolute atomic E-state index is 13.6. The van der Waals surface area contributed by atoms with Gasteiger partial charge in [0.25, 0.3) is 5.91 Å². The van der Waals surface area contributed by atoms with Crippen LogP contribution < -0.4 is 4.90 Å². The van der Waals surface area contributed by atoms with E-state index in [-0.39, 0.29) is 17.9 Å². The Labute approximate surface area is 229 Å².